The van der Waals surface area contributed by atoms with Crippen LogP contribution in [0.15, 0.2) is 0 Å². The highest BCUT2D eigenvalue weighted by Gasteiger charge is 2.32. The third kappa shape index (κ3) is 9.38. The van der Waals surface area contributed by atoms with Crippen molar-refractivity contribution in [3.63, 3.8) is 0 Å². The Bertz CT molecular complexity index is 207. The van der Waals surface area contributed by atoms with Crippen molar-refractivity contribution in [3.8, 4) is 0 Å². The molecule has 17 heavy (non-hydrogen) atoms. The first kappa shape index (κ1) is 16.7. The minimum Gasteiger partial charge on any atom is -0.389 e. The Balaban J connectivity index is 4.16. The number of hydrogen-bond donors (Lipinski definition) is 1. The van der Waals surface area contributed by atoms with E-state index in [0.29, 0.717) is 0 Å². The highest BCUT2D eigenvalue weighted by Crippen LogP contribution is 2.18. The third-order valence-corrected chi connectivity index (χ3v) is 2.18. The molecule has 1 unspecified atom stereocenters. The molecule has 0 aliphatic heterocycles. The molecule has 0 heterocycles. The van der Waals surface area contributed by atoms with Crippen molar-refractivity contribution >= 4 is 0 Å². The standard InChI is InChI=1S/C11H22F3NO2/c1-8(2)15(7-11(12,13)14)5-10(16)6-17-9(3)4/h8-10,16H,5-7H2,1-4H3. The molecule has 3 nitrogen and oxygen atoms in total. The van der Waals surface area contributed by atoms with Gasteiger partial charge in [-0.15, -0.1) is 0 Å². The summed E-state index contributed by atoms with van der Waals surface area (Å²) in [5.74, 6) is 0. The molecule has 6 heteroatoms. The van der Waals surface area contributed by atoms with Crippen molar-refractivity contribution in [3.05, 3.63) is 0 Å². The maximum Gasteiger partial charge on any atom is 0.401 e. The first-order valence-electron chi connectivity index (χ1n) is 5.72. The van der Waals surface area contributed by atoms with Gasteiger partial charge < -0.3 is 9.84 Å². The smallest absolute Gasteiger partial charge is 0.389 e. The molecule has 0 rings (SSSR count). The van der Waals surface area contributed by atoms with Gasteiger partial charge in [0.25, 0.3) is 0 Å². The minimum absolute atomic E-state index is 0.0378. The summed E-state index contributed by atoms with van der Waals surface area (Å²) < 4.78 is 42.0. The fraction of sp³-hybridized carbons (Fsp3) is 1.00. The number of halogens is 3. The Morgan fingerprint density at radius 3 is 2.06 bits per heavy atom. The summed E-state index contributed by atoms with van der Waals surface area (Å²) in [5.41, 5.74) is 0. The van der Waals surface area contributed by atoms with Crippen LogP contribution in [0.2, 0.25) is 0 Å². The second-order valence-electron chi connectivity index (χ2n) is 4.67. The highest BCUT2D eigenvalue weighted by molar-refractivity contribution is 4.71. The van der Waals surface area contributed by atoms with E-state index in [-0.39, 0.29) is 25.3 Å². The summed E-state index contributed by atoms with van der Waals surface area (Å²) in [4.78, 5) is 1.19. The molecule has 0 spiro atoms. The van der Waals surface area contributed by atoms with Gasteiger partial charge in [-0.3, -0.25) is 4.90 Å². The van der Waals surface area contributed by atoms with E-state index in [9.17, 15) is 18.3 Å². The van der Waals surface area contributed by atoms with Crippen LogP contribution >= 0.6 is 0 Å². The van der Waals surface area contributed by atoms with E-state index in [2.05, 4.69) is 0 Å². The maximum atomic E-state index is 12.3. The molecule has 0 aromatic heterocycles. The lowest BCUT2D eigenvalue weighted by Gasteiger charge is -2.29. The topological polar surface area (TPSA) is 32.7 Å². The zero-order valence-corrected chi connectivity index (χ0v) is 10.8. The normalized spacial score (nSPS) is 15.0. The van der Waals surface area contributed by atoms with E-state index < -0.39 is 18.8 Å². The number of nitrogens with zero attached hydrogens (tertiary/aromatic N) is 1. The molecule has 1 N–H and O–H groups in total. The first-order chi connectivity index (χ1) is 7.61. The van der Waals surface area contributed by atoms with Crippen molar-refractivity contribution in [1.29, 1.82) is 0 Å². The SMILES string of the molecule is CC(C)OCC(O)CN(CC(F)(F)F)C(C)C. The summed E-state index contributed by atoms with van der Waals surface area (Å²) >= 11 is 0. The summed E-state index contributed by atoms with van der Waals surface area (Å²) in [6.07, 6.45) is -5.19. The second-order valence-corrected chi connectivity index (χ2v) is 4.67. The number of aliphatic hydroxyl groups is 1. The third-order valence-electron chi connectivity index (χ3n) is 2.18. The zero-order valence-electron chi connectivity index (χ0n) is 10.8. The van der Waals surface area contributed by atoms with E-state index in [4.69, 9.17) is 4.74 Å². The molecule has 0 aliphatic rings. The van der Waals surface area contributed by atoms with Crippen molar-refractivity contribution < 1.29 is 23.0 Å². The molecule has 104 valence electrons. The van der Waals surface area contributed by atoms with Crippen LogP contribution < -0.4 is 0 Å². The molecule has 0 bridgehead atoms. The number of ether oxygens (including phenoxy) is 1. The maximum absolute atomic E-state index is 12.3. The van der Waals surface area contributed by atoms with E-state index in [1.54, 1.807) is 13.8 Å². The molecule has 0 aromatic rings. The monoisotopic (exact) mass is 257 g/mol. The van der Waals surface area contributed by atoms with Crippen LogP contribution in [0.1, 0.15) is 27.7 Å². The van der Waals surface area contributed by atoms with Crippen LogP contribution in [-0.4, -0.2) is 54.1 Å². The van der Waals surface area contributed by atoms with Gasteiger partial charge >= 0.3 is 6.18 Å². The van der Waals surface area contributed by atoms with Crippen LogP contribution in [0.25, 0.3) is 0 Å². The van der Waals surface area contributed by atoms with Gasteiger partial charge in [-0.25, -0.2) is 0 Å². The highest BCUT2D eigenvalue weighted by atomic mass is 19.4. The summed E-state index contributed by atoms with van der Waals surface area (Å²) in [6.45, 7) is 5.96. The molecule has 0 saturated heterocycles. The van der Waals surface area contributed by atoms with E-state index >= 15 is 0 Å². The van der Waals surface area contributed by atoms with Gasteiger partial charge in [0.2, 0.25) is 0 Å². The summed E-state index contributed by atoms with van der Waals surface area (Å²) in [5, 5.41) is 9.58. The quantitative estimate of drug-likeness (QED) is 0.757. The van der Waals surface area contributed by atoms with Gasteiger partial charge in [0.1, 0.15) is 0 Å². The Hall–Kier alpha value is -0.330. The second kappa shape index (κ2) is 7.18. The van der Waals surface area contributed by atoms with Gasteiger partial charge in [0, 0.05) is 12.6 Å². The van der Waals surface area contributed by atoms with E-state index in [0.717, 1.165) is 0 Å². The fourth-order valence-corrected chi connectivity index (χ4v) is 1.32. The van der Waals surface area contributed by atoms with Gasteiger partial charge in [0.15, 0.2) is 0 Å². The number of aliphatic hydroxyl groups excluding tert-OH is 1. The van der Waals surface area contributed by atoms with E-state index in [1.165, 1.54) is 4.90 Å². The van der Waals surface area contributed by atoms with Crippen molar-refractivity contribution in [2.24, 2.45) is 0 Å². The number of hydrogen-bond acceptors (Lipinski definition) is 3. The fourth-order valence-electron chi connectivity index (χ4n) is 1.32. The predicted octanol–water partition coefficient (Wildman–Crippen LogP) is 2.04. The number of rotatable bonds is 7. The summed E-state index contributed by atoms with van der Waals surface area (Å²) in [6, 6.07) is -0.273. The van der Waals surface area contributed by atoms with Crippen LogP contribution in [0.3, 0.4) is 0 Å². The largest absolute Gasteiger partial charge is 0.401 e. The van der Waals surface area contributed by atoms with Crippen LogP contribution in [-0.2, 0) is 4.74 Å². The van der Waals surface area contributed by atoms with Crippen LogP contribution in [0, 0.1) is 0 Å². The summed E-state index contributed by atoms with van der Waals surface area (Å²) in [7, 11) is 0. The average molecular weight is 257 g/mol. The molecular weight excluding hydrogens is 235 g/mol. The Morgan fingerprint density at radius 2 is 1.71 bits per heavy atom. The van der Waals surface area contributed by atoms with Crippen molar-refractivity contribution in [2.45, 2.75) is 52.1 Å². The molecule has 0 radical (unpaired) electrons. The Kier molecular flexibility index (Phi) is 7.04. The molecule has 0 saturated carbocycles. The van der Waals surface area contributed by atoms with E-state index in [1.807, 2.05) is 13.8 Å². The zero-order chi connectivity index (χ0) is 13.6. The predicted molar refractivity (Wildman–Crippen MR) is 59.9 cm³/mol. The molecule has 0 aromatic carbocycles. The average Bonchev–Trinajstić information content (AvgIpc) is 2.11. The first-order valence-corrected chi connectivity index (χ1v) is 5.72. The Morgan fingerprint density at radius 1 is 1.18 bits per heavy atom. The van der Waals surface area contributed by atoms with Crippen molar-refractivity contribution in [2.75, 3.05) is 19.7 Å². The number of alkyl halides is 3. The molecule has 1 atom stereocenters. The Labute approximate surface area is 101 Å². The minimum atomic E-state index is -4.25. The lowest BCUT2D eigenvalue weighted by atomic mass is 10.2. The van der Waals surface area contributed by atoms with Crippen LogP contribution in [0.5, 0.6) is 0 Å². The van der Waals surface area contributed by atoms with Crippen molar-refractivity contribution in [1.82, 2.24) is 4.90 Å². The molecule has 0 aliphatic carbocycles. The lowest BCUT2D eigenvalue weighted by Crippen LogP contribution is -2.44. The van der Waals surface area contributed by atoms with Gasteiger partial charge in [0.05, 0.1) is 25.4 Å². The molecule has 0 amide bonds. The van der Waals surface area contributed by atoms with Gasteiger partial charge in [-0.2, -0.15) is 13.2 Å². The molecular formula is C11H22F3NO2. The lowest BCUT2D eigenvalue weighted by molar-refractivity contribution is -0.153. The van der Waals surface area contributed by atoms with Crippen LogP contribution in [0.4, 0.5) is 13.2 Å². The van der Waals surface area contributed by atoms with Gasteiger partial charge in [-0.05, 0) is 27.7 Å². The van der Waals surface area contributed by atoms with Gasteiger partial charge in [-0.1, -0.05) is 0 Å². The molecule has 0 fully saturated rings.